The number of hydrogen-bond donors (Lipinski definition) is 2. The number of unbranched alkanes of at least 4 members (excludes halogenated alkanes) is 1. The summed E-state index contributed by atoms with van der Waals surface area (Å²) in [6.45, 7) is 0. The zero-order valence-electron chi connectivity index (χ0n) is 15.0. The van der Waals surface area contributed by atoms with E-state index < -0.39 is 24.7 Å². The van der Waals surface area contributed by atoms with Gasteiger partial charge in [-0.3, -0.25) is 9.59 Å². The molecule has 1 aliphatic rings. The Morgan fingerprint density at radius 1 is 1.19 bits per heavy atom. The summed E-state index contributed by atoms with van der Waals surface area (Å²) in [5.41, 5.74) is 0.573. The van der Waals surface area contributed by atoms with Gasteiger partial charge in [0.05, 0.1) is 12.5 Å². The van der Waals surface area contributed by atoms with E-state index >= 15 is 0 Å². The molecule has 150 valence electrons. The van der Waals surface area contributed by atoms with Crippen molar-refractivity contribution in [3.05, 3.63) is 48.1 Å². The quantitative estimate of drug-likeness (QED) is 0.311. The highest BCUT2D eigenvalue weighted by atomic mass is 19.4. The van der Waals surface area contributed by atoms with Crippen LogP contribution in [0.3, 0.4) is 0 Å². The van der Waals surface area contributed by atoms with Crippen molar-refractivity contribution < 1.29 is 33.0 Å². The molecule has 0 unspecified atom stereocenters. The normalized spacial score (nSPS) is 20.4. The van der Waals surface area contributed by atoms with Crippen LogP contribution in [-0.2, 0) is 9.59 Å². The molecule has 0 saturated carbocycles. The number of alkyl halides is 3. The zero-order valence-corrected chi connectivity index (χ0v) is 15.0. The summed E-state index contributed by atoms with van der Waals surface area (Å²) in [6.07, 6.45) is 7.07. The van der Waals surface area contributed by atoms with Crippen LogP contribution in [0.5, 0.6) is 0 Å². The molecule has 0 amide bonds. The summed E-state index contributed by atoms with van der Waals surface area (Å²) in [5.74, 6) is -1.05. The maximum atomic E-state index is 12.0. The Morgan fingerprint density at radius 3 is 2.59 bits per heavy atom. The van der Waals surface area contributed by atoms with Crippen molar-refractivity contribution in [2.75, 3.05) is 0 Å². The topological polar surface area (TPSA) is 74.6 Å². The Labute approximate surface area is 156 Å². The van der Waals surface area contributed by atoms with E-state index in [-0.39, 0.29) is 31.0 Å². The molecule has 2 N–H and O–H groups in total. The van der Waals surface area contributed by atoms with Crippen molar-refractivity contribution >= 4 is 11.8 Å². The number of halogens is 3. The number of hydrogen-bond acceptors (Lipinski definition) is 3. The monoisotopic (exact) mass is 386 g/mol. The first-order valence-electron chi connectivity index (χ1n) is 8.88. The number of carbonyl (C=O) groups excluding carboxylic acids is 1. The van der Waals surface area contributed by atoms with Crippen LogP contribution in [0, 0.1) is 5.92 Å². The number of ketones is 1. The molecular formula is C20H25F3O4. The van der Waals surface area contributed by atoms with E-state index in [1.165, 1.54) is 12.2 Å². The van der Waals surface area contributed by atoms with Gasteiger partial charge in [-0.1, -0.05) is 36.5 Å². The predicted octanol–water partition coefficient (Wildman–Crippen LogP) is 4.52. The average Bonchev–Trinajstić information content (AvgIpc) is 2.92. The molecule has 4 nitrogen and oxygen atoms in total. The Hall–Kier alpha value is -2.15. The highest BCUT2D eigenvalue weighted by Crippen LogP contribution is 2.26. The van der Waals surface area contributed by atoms with E-state index in [4.69, 9.17) is 5.11 Å². The molecule has 0 fully saturated rings. The molecule has 2 atom stereocenters. The van der Waals surface area contributed by atoms with Gasteiger partial charge in [-0.2, -0.15) is 13.2 Å². The summed E-state index contributed by atoms with van der Waals surface area (Å²) in [6, 6.07) is 0. The minimum Gasteiger partial charge on any atom is -0.481 e. The van der Waals surface area contributed by atoms with Crippen molar-refractivity contribution in [2.24, 2.45) is 5.92 Å². The highest BCUT2D eigenvalue weighted by molar-refractivity contribution is 6.07. The number of carboxylic acids is 1. The Kier molecular flexibility index (Phi) is 9.78. The van der Waals surface area contributed by atoms with E-state index in [1.54, 1.807) is 12.2 Å². The number of aliphatic hydroxyl groups is 1. The van der Waals surface area contributed by atoms with Crippen LogP contribution < -0.4 is 0 Å². The summed E-state index contributed by atoms with van der Waals surface area (Å²) < 4.78 is 36.1. The third-order valence-electron chi connectivity index (χ3n) is 4.02. The van der Waals surface area contributed by atoms with Crippen LogP contribution in [0.4, 0.5) is 13.2 Å². The molecule has 0 heterocycles. The second kappa shape index (κ2) is 11.5. The molecule has 0 saturated heterocycles. The SMILES string of the molecule is O=C(O)CCC/C=C\C[C@H]1C=CC(=O)/C1=C/C[C@@H](O)C/C=C\CC(F)(F)F. The first-order valence-corrected chi connectivity index (χ1v) is 8.88. The third-order valence-corrected chi connectivity index (χ3v) is 4.02. The average molecular weight is 386 g/mol. The molecular weight excluding hydrogens is 361 g/mol. The lowest BCUT2D eigenvalue weighted by Gasteiger charge is -2.10. The smallest absolute Gasteiger partial charge is 0.392 e. The number of rotatable bonds is 11. The lowest BCUT2D eigenvalue weighted by atomic mass is 9.96. The van der Waals surface area contributed by atoms with E-state index in [1.807, 2.05) is 12.2 Å². The highest BCUT2D eigenvalue weighted by Gasteiger charge is 2.24. The Bertz CT molecular complexity index is 615. The molecule has 1 rings (SSSR count). The van der Waals surface area contributed by atoms with Crippen molar-refractivity contribution in [1.82, 2.24) is 0 Å². The van der Waals surface area contributed by atoms with Crippen molar-refractivity contribution in [2.45, 2.75) is 57.2 Å². The lowest BCUT2D eigenvalue weighted by Crippen LogP contribution is -2.08. The first-order chi connectivity index (χ1) is 12.7. The summed E-state index contributed by atoms with van der Waals surface area (Å²) in [7, 11) is 0. The predicted molar refractivity (Wildman–Crippen MR) is 96.0 cm³/mol. The van der Waals surface area contributed by atoms with Crippen molar-refractivity contribution in [3.8, 4) is 0 Å². The van der Waals surface area contributed by atoms with Gasteiger partial charge in [0.2, 0.25) is 0 Å². The third kappa shape index (κ3) is 10.6. The molecule has 27 heavy (non-hydrogen) atoms. The molecule has 0 aromatic heterocycles. The van der Waals surface area contributed by atoms with Crippen LogP contribution in [0.25, 0.3) is 0 Å². The van der Waals surface area contributed by atoms with Gasteiger partial charge in [0.1, 0.15) is 0 Å². The maximum Gasteiger partial charge on any atom is 0.392 e. The van der Waals surface area contributed by atoms with Crippen molar-refractivity contribution in [1.29, 1.82) is 0 Å². The molecule has 0 aliphatic heterocycles. The second-order valence-corrected chi connectivity index (χ2v) is 6.40. The van der Waals surface area contributed by atoms with Crippen LogP contribution in [0.1, 0.15) is 44.9 Å². The number of aliphatic carboxylic acids is 1. The molecule has 0 bridgehead atoms. The maximum absolute atomic E-state index is 12.0. The molecule has 0 aromatic rings. The Morgan fingerprint density at radius 2 is 1.93 bits per heavy atom. The number of aliphatic hydroxyl groups excluding tert-OH is 1. The van der Waals surface area contributed by atoms with Crippen molar-refractivity contribution in [3.63, 3.8) is 0 Å². The number of carboxylic acid groups (broad SMARTS) is 1. The summed E-state index contributed by atoms with van der Waals surface area (Å²) >= 11 is 0. The standard InChI is InChI=1S/C20H25F3O4/c21-20(22,23)14-6-5-8-16(24)11-12-17-15(10-13-18(17)25)7-3-1-2-4-9-19(26)27/h1,3,5-6,10,12-13,15-16,24H,2,4,7-9,11,14H2,(H,26,27)/b3-1-,6-5-,17-12+/t15-,16-/m0/s1. The number of allylic oxidation sites excluding steroid dienone is 6. The molecule has 7 heteroatoms. The fourth-order valence-corrected chi connectivity index (χ4v) is 2.60. The van der Waals surface area contributed by atoms with E-state index in [0.717, 1.165) is 6.08 Å². The zero-order chi connectivity index (χ0) is 20.3. The fraction of sp³-hybridized carbons (Fsp3) is 0.500. The largest absolute Gasteiger partial charge is 0.481 e. The van der Waals surface area contributed by atoms with Gasteiger partial charge in [0.15, 0.2) is 5.78 Å². The van der Waals surface area contributed by atoms with E-state index in [2.05, 4.69) is 0 Å². The summed E-state index contributed by atoms with van der Waals surface area (Å²) in [4.78, 5) is 22.3. The number of carbonyl (C=O) groups is 2. The minimum absolute atomic E-state index is 0.0929. The second-order valence-electron chi connectivity index (χ2n) is 6.40. The first kappa shape index (κ1) is 22.9. The van der Waals surface area contributed by atoms with Crippen LogP contribution in [0.15, 0.2) is 48.1 Å². The van der Waals surface area contributed by atoms with Crippen LogP contribution in [-0.4, -0.2) is 34.2 Å². The molecule has 0 spiro atoms. The van der Waals surface area contributed by atoms with E-state index in [9.17, 15) is 27.9 Å². The minimum atomic E-state index is -4.25. The Balaban J connectivity index is 2.42. The van der Waals surface area contributed by atoms with Crippen LogP contribution >= 0.6 is 0 Å². The molecule has 0 aromatic carbocycles. The van der Waals surface area contributed by atoms with E-state index in [0.29, 0.717) is 24.8 Å². The van der Waals surface area contributed by atoms with Gasteiger partial charge < -0.3 is 10.2 Å². The lowest BCUT2D eigenvalue weighted by molar-refractivity contribution is -0.137. The van der Waals surface area contributed by atoms with Gasteiger partial charge in [-0.05, 0) is 38.2 Å². The van der Waals surface area contributed by atoms with Gasteiger partial charge in [0, 0.05) is 17.9 Å². The summed E-state index contributed by atoms with van der Waals surface area (Å²) in [5, 5.41) is 18.4. The van der Waals surface area contributed by atoms with Gasteiger partial charge >= 0.3 is 12.1 Å². The van der Waals surface area contributed by atoms with Gasteiger partial charge in [-0.25, -0.2) is 0 Å². The fourth-order valence-electron chi connectivity index (χ4n) is 2.60. The molecule has 1 aliphatic carbocycles. The van der Waals surface area contributed by atoms with Gasteiger partial charge in [-0.15, -0.1) is 0 Å². The molecule has 0 radical (unpaired) electrons. The van der Waals surface area contributed by atoms with Gasteiger partial charge in [0.25, 0.3) is 0 Å². The van der Waals surface area contributed by atoms with Crippen LogP contribution in [0.2, 0.25) is 0 Å².